The van der Waals surface area contributed by atoms with E-state index in [2.05, 4.69) is 108 Å². The number of anilines is 4. The van der Waals surface area contributed by atoms with Gasteiger partial charge in [-0.15, -0.1) is 20.4 Å². The number of aromatic amines is 2. The van der Waals surface area contributed by atoms with E-state index in [1.54, 1.807) is 22.5 Å². The van der Waals surface area contributed by atoms with Crippen LogP contribution in [0, 0.1) is 17.6 Å². The molecule has 0 bridgehead atoms. The minimum Gasteiger partial charge on any atom is -0.400 e. The molecule has 2 unspecified atom stereocenters. The Labute approximate surface area is 643 Å². The molecule has 0 amide bonds. The fourth-order valence-corrected chi connectivity index (χ4v) is 14.2. The summed E-state index contributed by atoms with van der Waals surface area (Å²) in [7, 11) is 1.00. The molecule has 2 saturated heterocycles. The summed E-state index contributed by atoms with van der Waals surface area (Å²) >= 11 is 0. The standard InChI is InChI=1S/C39H41F3N10O2.C38H39F3N10O3.CH4O.CH4.H3N/c1-4-34(26(2)3)52-37(53)51(25-44-52)31-16-14-30(15-17-31)50-21-19-49(20-22-50)29-12-9-27(10-13-29)28-11-18-35(43-24-28)39(41,42)38(54,23-36-45-47-48-46-36)32-7-5-6-8-33(32)40;1-3-33(25(2)52)51-36(53)50(24-43-51)30-15-13-29(14-16-30)49-20-18-48(19-21-49)28-11-8-26(9-12-28)27-10-17-34(42-23-27)38(40,41)37(54,22-35-44-46-47-45-35)31-6-4-5-7-32(31)39;1-2;;/h5-18,24-26,34,54H,4,19-23H2,1-3H3,(H,45,46,47,48);4-17,23-25,33,52,54H,3,18-22H2,1-2H3,(H,44,45,46,47);2H,1H3;1H4;1H3/t34-,38?;25-,33-,37?;;;/m00.../s1/i/hT. The number of nitrogens with one attached hydrogen (secondary N) is 2. The molecule has 8 heterocycles. The lowest BCUT2D eigenvalue weighted by Gasteiger charge is -2.37. The average molecular weight is 1550 g/mol. The zero-order valence-corrected chi connectivity index (χ0v) is 61.8. The van der Waals surface area contributed by atoms with Crippen LogP contribution in [-0.2, 0) is 35.9 Å². The van der Waals surface area contributed by atoms with E-state index < -0.39 is 82.2 Å². The van der Waals surface area contributed by atoms with Gasteiger partial charge in [0.15, 0.2) is 22.9 Å². The topological polar surface area (TPSA) is 343 Å². The molecule has 590 valence electrons. The number of aromatic nitrogens is 16. The maximum Gasteiger partial charge on any atom is 0.350 e. The van der Waals surface area contributed by atoms with Crippen molar-refractivity contribution in [2.75, 3.05) is 79.1 Å². The van der Waals surface area contributed by atoms with Crippen molar-refractivity contribution < 1.29 is 48.2 Å². The molecule has 0 radical (unpaired) electrons. The van der Waals surface area contributed by atoms with E-state index in [0.29, 0.717) is 29.2 Å². The van der Waals surface area contributed by atoms with Gasteiger partial charge in [0, 0.05) is 117 Å². The molecule has 6 aromatic carbocycles. The van der Waals surface area contributed by atoms with Gasteiger partial charge in [-0.1, -0.05) is 118 Å². The predicted octanol–water partition coefficient (Wildman–Crippen LogP) is 10.9. The zero-order valence-electron chi connectivity index (χ0n) is 62.8. The van der Waals surface area contributed by atoms with Gasteiger partial charge in [0.1, 0.15) is 37.1 Å². The molecule has 33 heteroatoms. The second-order valence-corrected chi connectivity index (χ2v) is 27.2. The summed E-state index contributed by atoms with van der Waals surface area (Å²) in [6, 6.07) is 45.8. The summed E-state index contributed by atoms with van der Waals surface area (Å²) in [5.74, 6) is -10.2. The van der Waals surface area contributed by atoms with E-state index >= 15 is 17.6 Å². The van der Waals surface area contributed by atoms with Crippen LogP contribution in [0.4, 0.5) is 49.1 Å². The van der Waals surface area contributed by atoms with Crippen molar-refractivity contribution in [1.29, 1.82) is 0 Å². The maximum absolute atomic E-state index is 16.2. The number of hydrogen-bond donors (Lipinski definition) is 7. The van der Waals surface area contributed by atoms with Crippen LogP contribution in [0.5, 0.6) is 0 Å². The first kappa shape index (κ1) is 81.2. The quantitative estimate of drug-likeness (QED) is 0.0276. The minimum atomic E-state index is -4.04. The van der Waals surface area contributed by atoms with Gasteiger partial charge >= 0.3 is 23.2 Å². The Morgan fingerprint density at radius 1 is 0.473 bits per heavy atom. The minimum absolute atomic E-state index is 0. The van der Waals surface area contributed by atoms with E-state index in [1.165, 1.54) is 64.4 Å². The molecule has 0 aliphatic carbocycles. The highest BCUT2D eigenvalue weighted by Crippen LogP contribution is 2.49. The molecule has 0 spiro atoms. The molecule has 2 aliphatic rings. The second kappa shape index (κ2) is 35.5. The van der Waals surface area contributed by atoms with Crippen molar-refractivity contribution in [2.45, 2.75) is 109 Å². The number of alkyl halides is 4. The summed E-state index contributed by atoms with van der Waals surface area (Å²) in [5, 5.41) is 74.5. The third-order valence-corrected chi connectivity index (χ3v) is 20.3. The first-order chi connectivity index (χ1) is 54.0. The Balaban J connectivity index is 0.000000228. The van der Waals surface area contributed by atoms with Gasteiger partial charge in [0.25, 0.3) is 0 Å². The van der Waals surface area contributed by atoms with Crippen LogP contribution in [0.2, 0.25) is 1.41 Å². The molecular weight excluding hydrogens is 1450 g/mol. The van der Waals surface area contributed by atoms with Crippen molar-refractivity contribution in [3.8, 4) is 33.6 Å². The fourth-order valence-electron chi connectivity index (χ4n) is 14.2. The van der Waals surface area contributed by atoms with E-state index in [0.717, 1.165) is 142 Å². The lowest BCUT2D eigenvalue weighted by molar-refractivity contribution is -0.199. The van der Waals surface area contributed by atoms with E-state index in [9.17, 15) is 33.7 Å². The predicted molar refractivity (Wildman–Crippen MR) is 413 cm³/mol. The lowest BCUT2D eigenvalue weighted by Crippen LogP contribution is -2.46. The number of aliphatic hydroxyl groups excluding tert-OH is 2. The molecule has 112 heavy (non-hydrogen) atoms. The summed E-state index contributed by atoms with van der Waals surface area (Å²) in [5.41, 5.74) is -0.904. The number of pyridine rings is 2. The monoisotopic (exact) mass is 1550 g/mol. The SMILES string of the molecule is C.CC[C@@H](C(C)C)n1ncn(-c2ccc(N3CCN(c4ccc(-c5ccc(C(F)(F)C(O)(Cc6nn[nH]n6)c6ccccc6F)nc5)cc4)CC3)cc2)c1=O.CC[C@@H]([C@H](C)O)n1ncn(-c2ccc(N3CCN(c4ccc(-c5ccc(C(F)(F)C(O)(Cc6nn[nH]n6)c6ccccc6F)nc5)cc4)CC3)cc2)c1=O.CO.[3H]N. The van der Waals surface area contributed by atoms with Gasteiger partial charge in [-0.2, -0.15) is 38.2 Å². The molecule has 0 saturated carbocycles. The lowest BCUT2D eigenvalue weighted by atomic mass is 9.81. The van der Waals surface area contributed by atoms with Gasteiger partial charge in [0.2, 0.25) is 0 Å². The molecule has 5 atom stereocenters. The van der Waals surface area contributed by atoms with E-state index in [-0.39, 0.29) is 36.5 Å². The zero-order chi connectivity index (χ0) is 80.1. The van der Waals surface area contributed by atoms with Crippen LogP contribution in [0.25, 0.3) is 33.6 Å². The number of nitrogens with zero attached hydrogens (tertiary/aromatic N) is 18. The number of piperazine rings is 2. The first-order valence-electron chi connectivity index (χ1n) is 36.5. The van der Waals surface area contributed by atoms with Crippen LogP contribution in [0.15, 0.2) is 204 Å². The van der Waals surface area contributed by atoms with Crippen LogP contribution in [0.3, 0.4) is 0 Å². The highest BCUT2D eigenvalue weighted by atomic mass is 19.3. The summed E-state index contributed by atoms with van der Waals surface area (Å²) < 4.78 is 106. The normalized spacial score (nSPS) is 15.2. The molecule has 12 aromatic rings. The van der Waals surface area contributed by atoms with Gasteiger partial charge in [0.05, 0.1) is 42.4 Å². The number of H-pyrrole nitrogens is 2. The fraction of sp³-hybridized carbons (Fsp3) is 0.342. The number of aliphatic hydroxyl groups is 4. The Bertz CT molecular complexity index is 4770. The number of benzene rings is 6. The molecule has 27 nitrogen and oxygen atoms in total. The molecule has 6 aromatic heterocycles. The molecule has 9 N–H and O–H groups in total. The van der Waals surface area contributed by atoms with E-state index in [1.807, 2.05) is 104 Å². The number of rotatable bonds is 24. The Hall–Kier alpha value is -11.8. The van der Waals surface area contributed by atoms with Crippen molar-refractivity contribution in [1.82, 2.24) is 86.1 Å². The third kappa shape index (κ3) is 16.9. The van der Waals surface area contributed by atoms with Gasteiger partial charge in [-0.05, 0) is 134 Å². The van der Waals surface area contributed by atoms with E-state index in [4.69, 9.17) is 6.52 Å². The van der Waals surface area contributed by atoms with Crippen molar-refractivity contribution >= 4 is 22.7 Å². The molecule has 14 rings (SSSR count). The highest BCUT2D eigenvalue weighted by molar-refractivity contribution is 5.68. The average Bonchev–Trinajstić information content (AvgIpc) is 1.32. The maximum atomic E-state index is 16.2. The Morgan fingerprint density at radius 3 is 1.07 bits per heavy atom. The summed E-state index contributed by atoms with van der Waals surface area (Å²) in [4.78, 5) is 43.3. The molecular formula is C79H91F6N21O6. The third-order valence-electron chi connectivity index (χ3n) is 20.3. The number of halogens is 6. The molecule has 2 aliphatic heterocycles. The van der Waals surface area contributed by atoms with Crippen LogP contribution in [-0.4, -0.2) is 166 Å². The summed E-state index contributed by atoms with van der Waals surface area (Å²) in [6.07, 6.45) is 8.53. The van der Waals surface area contributed by atoms with Crippen molar-refractivity contribution in [2.24, 2.45) is 5.92 Å². The van der Waals surface area contributed by atoms with Gasteiger partial charge in [-0.3, -0.25) is 9.97 Å². The van der Waals surface area contributed by atoms with Gasteiger partial charge in [-0.25, -0.2) is 36.9 Å². The van der Waals surface area contributed by atoms with Crippen LogP contribution >= 0.6 is 0 Å². The first-order valence-corrected chi connectivity index (χ1v) is 35.9. The summed E-state index contributed by atoms with van der Waals surface area (Å²) in [6.45, 7) is 16.1. The van der Waals surface area contributed by atoms with Crippen LogP contribution in [0.1, 0.15) is 101 Å². The Kier molecular flexibility index (Phi) is 25.7. The van der Waals surface area contributed by atoms with Gasteiger partial charge < -0.3 is 46.2 Å². The van der Waals surface area contributed by atoms with Crippen molar-refractivity contribution in [3.05, 3.63) is 262 Å². The largest absolute Gasteiger partial charge is 0.400 e. The highest BCUT2D eigenvalue weighted by Gasteiger charge is 2.59. The molecule has 2 fully saturated rings. The van der Waals surface area contributed by atoms with Crippen molar-refractivity contribution in [3.63, 3.8) is 0 Å². The second-order valence-electron chi connectivity index (χ2n) is 27.2. The number of hydrogen-bond acceptors (Lipinski definition) is 21. The number of tetrazole rings is 2. The smallest absolute Gasteiger partial charge is 0.350 e. The Morgan fingerprint density at radius 2 is 0.786 bits per heavy atom. The van der Waals surface area contributed by atoms with Crippen LogP contribution < -0.4 is 37.1 Å².